The highest BCUT2D eigenvalue weighted by Gasteiger charge is 2.25. The van der Waals surface area contributed by atoms with Gasteiger partial charge in [-0.25, -0.2) is 23.7 Å². The van der Waals surface area contributed by atoms with Crippen molar-refractivity contribution in [3.05, 3.63) is 54.2 Å². The van der Waals surface area contributed by atoms with Gasteiger partial charge in [0, 0.05) is 23.8 Å². The molecule has 0 bridgehead atoms. The van der Waals surface area contributed by atoms with Crippen LogP contribution in [0.4, 0.5) is 14.7 Å². The van der Waals surface area contributed by atoms with Crippen molar-refractivity contribution >= 4 is 17.0 Å². The van der Waals surface area contributed by atoms with Crippen LogP contribution in [0.25, 0.3) is 22.3 Å². The van der Waals surface area contributed by atoms with Crippen LogP contribution in [0.2, 0.25) is 0 Å². The highest BCUT2D eigenvalue weighted by Crippen LogP contribution is 2.33. The lowest BCUT2D eigenvalue weighted by molar-refractivity contribution is 0.122. The number of hydrogen-bond donors (Lipinski definition) is 1. The first-order valence-corrected chi connectivity index (χ1v) is 11.3. The summed E-state index contributed by atoms with van der Waals surface area (Å²) in [7, 11) is 0. The molecule has 5 rings (SSSR count). The van der Waals surface area contributed by atoms with Crippen LogP contribution >= 0.6 is 0 Å². The van der Waals surface area contributed by atoms with Crippen molar-refractivity contribution < 1.29 is 8.78 Å². The molecule has 0 saturated heterocycles. The predicted octanol–water partition coefficient (Wildman–Crippen LogP) is 4.29. The maximum atomic E-state index is 12.7. The number of anilines is 1. The highest BCUT2D eigenvalue weighted by molar-refractivity contribution is 5.77. The van der Waals surface area contributed by atoms with Crippen molar-refractivity contribution in [1.29, 1.82) is 10.5 Å². The van der Waals surface area contributed by atoms with Crippen molar-refractivity contribution in [3.8, 4) is 23.4 Å². The van der Waals surface area contributed by atoms with Gasteiger partial charge in [0.1, 0.15) is 12.6 Å². The fraction of sp³-hybridized carbons (Fsp3) is 0.333. The van der Waals surface area contributed by atoms with Gasteiger partial charge in [0.2, 0.25) is 5.95 Å². The molecule has 11 heteroatoms. The van der Waals surface area contributed by atoms with Crippen LogP contribution in [0, 0.1) is 22.7 Å². The van der Waals surface area contributed by atoms with Gasteiger partial charge in [-0.15, -0.1) is 0 Å². The summed E-state index contributed by atoms with van der Waals surface area (Å²) in [4.78, 5) is 13.3. The summed E-state index contributed by atoms with van der Waals surface area (Å²) < 4.78 is 28.7. The van der Waals surface area contributed by atoms with E-state index in [9.17, 15) is 14.0 Å². The number of halogens is 2. The Kier molecular flexibility index (Phi) is 6.06. The van der Waals surface area contributed by atoms with E-state index in [2.05, 4.69) is 42.1 Å². The quantitative estimate of drug-likeness (QED) is 0.443. The van der Waals surface area contributed by atoms with E-state index in [4.69, 9.17) is 5.26 Å². The van der Waals surface area contributed by atoms with Gasteiger partial charge in [-0.3, -0.25) is 4.68 Å². The van der Waals surface area contributed by atoms with Crippen molar-refractivity contribution in [2.45, 2.75) is 50.7 Å². The molecule has 1 N–H and O–H groups in total. The third-order valence-electron chi connectivity index (χ3n) is 6.22. The minimum absolute atomic E-state index is 0.104. The van der Waals surface area contributed by atoms with Crippen LogP contribution in [0.1, 0.15) is 42.9 Å². The minimum atomic E-state index is -2.53. The predicted molar refractivity (Wildman–Crippen MR) is 123 cm³/mol. The van der Waals surface area contributed by atoms with Gasteiger partial charge in [0.15, 0.2) is 0 Å². The monoisotopic (exact) mass is 473 g/mol. The lowest BCUT2D eigenvalue weighted by Gasteiger charge is -2.31. The van der Waals surface area contributed by atoms with E-state index in [1.165, 1.54) is 18.6 Å². The number of rotatable bonds is 6. The topological polar surface area (TPSA) is 121 Å². The molecule has 1 aromatic carbocycles. The first-order chi connectivity index (χ1) is 17.0. The Hall–Kier alpha value is -4.38. The number of nitriles is 2. The van der Waals surface area contributed by atoms with Gasteiger partial charge >= 0.3 is 0 Å². The fourth-order valence-corrected chi connectivity index (χ4v) is 4.60. The lowest BCUT2D eigenvalue weighted by Crippen LogP contribution is -2.29. The average molecular weight is 473 g/mol. The molecule has 1 saturated carbocycles. The standard InChI is InChI=1S/C24H21F2N9/c25-22(26)13-34-12-17(11-31-34)23-16(9-28)10-29-24(33-23)32-18-2-1-3-19(7-18)35-14-30-20-6-15(8-27)4-5-21(20)35/h4-6,10-12,14,18-19,22H,1-3,7,13H2,(H,29,32,33)/t18-,19+/m1/s1. The molecule has 0 unspecified atom stereocenters. The van der Waals surface area contributed by atoms with Crippen molar-refractivity contribution in [3.63, 3.8) is 0 Å². The average Bonchev–Trinajstić information content (AvgIpc) is 3.50. The van der Waals surface area contributed by atoms with E-state index in [1.54, 1.807) is 12.1 Å². The third kappa shape index (κ3) is 4.66. The summed E-state index contributed by atoms with van der Waals surface area (Å²) in [5.74, 6) is 0.375. The van der Waals surface area contributed by atoms with E-state index in [0.29, 0.717) is 22.8 Å². The summed E-state index contributed by atoms with van der Waals surface area (Å²) in [6, 6.07) is 10.1. The van der Waals surface area contributed by atoms with Gasteiger partial charge in [0.25, 0.3) is 6.43 Å². The van der Waals surface area contributed by atoms with Gasteiger partial charge in [-0.1, -0.05) is 0 Å². The van der Waals surface area contributed by atoms with E-state index in [-0.39, 0.29) is 17.6 Å². The normalized spacial score (nSPS) is 17.9. The molecule has 0 spiro atoms. The summed E-state index contributed by atoms with van der Waals surface area (Å²) in [6.45, 7) is -0.525. The molecule has 1 fully saturated rings. The molecule has 0 radical (unpaired) electrons. The number of aromatic nitrogens is 6. The Balaban J connectivity index is 1.35. The van der Waals surface area contributed by atoms with Crippen LogP contribution in [0.15, 0.2) is 43.1 Å². The van der Waals surface area contributed by atoms with Crippen LogP contribution in [-0.4, -0.2) is 41.8 Å². The minimum Gasteiger partial charge on any atom is -0.351 e. The molecule has 176 valence electrons. The molecule has 2 atom stereocenters. The first kappa shape index (κ1) is 22.4. The van der Waals surface area contributed by atoms with E-state index < -0.39 is 13.0 Å². The SMILES string of the molecule is N#Cc1ccc2c(c1)ncn2[C@H]1CCC[C@@H](Nc2ncc(C#N)c(-c3cnn(CC(F)F)c3)n2)C1. The van der Waals surface area contributed by atoms with Gasteiger partial charge in [-0.2, -0.15) is 15.6 Å². The summed E-state index contributed by atoms with van der Waals surface area (Å²) in [6.07, 6.45) is 7.39. The van der Waals surface area contributed by atoms with Crippen molar-refractivity contribution in [2.24, 2.45) is 0 Å². The molecule has 1 aliphatic carbocycles. The second-order valence-corrected chi connectivity index (χ2v) is 8.54. The maximum absolute atomic E-state index is 12.7. The van der Waals surface area contributed by atoms with Crippen LogP contribution < -0.4 is 5.32 Å². The highest BCUT2D eigenvalue weighted by atomic mass is 19.3. The van der Waals surface area contributed by atoms with Crippen LogP contribution in [0.3, 0.4) is 0 Å². The van der Waals surface area contributed by atoms with Gasteiger partial charge in [0.05, 0.1) is 52.6 Å². The summed E-state index contributed by atoms with van der Waals surface area (Å²) >= 11 is 0. The van der Waals surface area contributed by atoms with Crippen molar-refractivity contribution in [2.75, 3.05) is 5.32 Å². The number of benzene rings is 1. The Morgan fingerprint density at radius 1 is 1.14 bits per heavy atom. The molecule has 35 heavy (non-hydrogen) atoms. The molecule has 9 nitrogen and oxygen atoms in total. The summed E-state index contributed by atoms with van der Waals surface area (Å²) in [5.41, 5.74) is 3.45. The number of nitrogens with one attached hydrogen (secondary N) is 1. The molecule has 0 aliphatic heterocycles. The zero-order valence-corrected chi connectivity index (χ0v) is 18.6. The number of imidazole rings is 1. The second kappa shape index (κ2) is 9.47. The maximum Gasteiger partial charge on any atom is 0.257 e. The second-order valence-electron chi connectivity index (χ2n) is 8.54. The number of alkyl halides is 2. The Labute approximate surface area is 199 Å². The Morgan fingerprint density at radius 3 is 2.83 bits per heavy atom. The molecular weight excluding hydrogens is 452 g/mol. The molecular formula is C24H21F2N9. The molecule has 3 heterocycles. The van der Waals surface area contributed by atoms with Crippen LogP contribution in [-0.2, 0) is 6.54 Å². The first-order valence-electron chi connectivity index (χ1n) is 11.3. The zero-order chi connectivity index (χ0) is 24.4. The zero-order valence-electron chi connectivity index (χ0n) is 18.6. The molecule has 0 amide bonds. The Bertz CT molecular complexity index is 1440. The third-order valence-corrected chi connectivity index (χ3v) is 6.22. The van der Waals surface area contributed by atoms with E-state index in [1.807, 2.05) is 12.4 Å². The molecule has 1 aliphatic rings. The number of hydrogen-bond acceptors (Lipinski definition) is 7. The van der Waals surface area contributed by atoms with E-state index in [0.717, 1.165) is 41.4 Å². The molecule has 4 aromatic rings. The number of fused-ring (bicyclic) bond motifs is 1. The van der Waals surface area contributed by atoms with Gasteiger partial charge < -0.3 is 9.88 Å². The fourth-order valence-electron chi connectivity index (χ4n) is 4.60. The number of nitrogens with zero attached hydrogens (tertiary/aromatic N) is 8. The Morgan fingerprint density at radius 2 is 2.03 bits per heavy atom. The van der Waals surface area contributed by atoms with Crippen molar-refractivity contribution in [1.82, 2.24) is 29.3 Å². The lowest BCUT2D eigenvalue weighted by atomic mass is 9.90. The largest absolute Gasteiger partial charge is 0.351 e. The van der Waals surface area contributed by atoms with E-state index >= 15 is 0 Å². The molecule has 3 aromatic heterocycles. The summed E-state index contributed by atoms with van der Waals surface area (Å²) in [5, 5.41) is 25.9. The van der Waals surface area contributed by atoms with Gasteiger partial charge in [-0.05, 0) is 43.9 Å². The smallest absolute Gasteiger partial charge is 0.257 e. The van der Waals surface area contributed by atoms with Crippen LogP contribution in [0.5, 0.6) is 0 Å².